The van der Waals surface area contributed by atoms with Gasteiger partial charge < -0.3 is 5.73 Å². The number of rotatable bonds is 4. The average molecular weight is 209 g/mol. The summed E-state index contributed by atoms with van der Waals surface area (Å²) in [5.41, 5.74) is 5.56. The highest BCUT2D eigenvalue weighted by Crippen LogP contribution is 2.24. The first kappa shape index (κ1) is 12.2. The zero-order valence-electron chi connectivity index (χ0n) is 9.76. The summed E-state index contributed by atoms with van der Waals surface area (Å²) in [7, 11) is 0. The predicted molar refractivity (Wildman–Crippen MR) is 62.5 cm³/mol. The van der Waals surface area contributed by atoms with E-state index in [1.165, 1.54) is 0 Å². The smallest absolute Gasteiger partial charge is 0.107 e. The minimum absolute atomic E-state index is 0.370. The Labute approximate surface area is 91.5 Å². The van der Waals surface area contributed by atoms with E-state index < -0.39 is 11.2 Å². The minimum Gasteiger partial charge on any atom is -0.325 e. The highest BCUT2D eigenvalue weighted by atomic mass is 19.1. The van der Waals surface area contributed by atoms with E-state index in [-0.39, 0.29) is 0 Å². The maximum absolute atomic E-state index is 13.5. The van der Waals surface area contributed by atoms with Gasteiger partial charge in [-0.2, -0.15) is 0 Å². The van der Waals surface area contributed by atoms with Gasteiger partial charge in [0, 0.05) is 5.54 Å². The fourth-order valence-corrected chi connectivity index (χ4v) is 2.08. The van der Waals surface area contributed by atoms with E-state index in [1.54, 1.807) is 13.8 Å². The Bertz CT molecular complexity index is 298. The summed E-state index contributed by atoms with van der Waals surface area (Å²) in [4.78, 5) is 0. The van der Waals surface area contributed by atoms with Crippen molar-refractivity contribution in [1.82, 2.24) is 0 Å². The lowest BCUT2D eigenvalue weighted by atomic mass is 9.85. The summed E-state index contributed by atoms with van der Waals surface area (Å²) in [5.74, 6) is 0. The van der Waals surface area contributed by atoms with E-state index in [1.807, 2.05) is 37.3 Å². The van der Waals surface area contributed by atoms with Crippen LogP contribution in [0, 0.1) is 0 Å². The molecule has 1 rings (SSSR count). The van der Waals surface area contributed by atoms with Gasteiger partial charge in [0.2, 0.25) is 0 Å². The molecule has 1 nitrogen and oxygen atoms in total. The van der Waals surface area contributed by atoms with Crippen molar-refractivity contribution < 1.29 is 4.39 Å². The summed E-state index contributed by atoms with van der Waals surface area (Å²) in [6, 6.07) is 9.97. The molecule has 1 atom stereocenters. The molecule has 0 spiro atoms. The van der Waals surface area contributed by atoms with Crippen molar-refractivity contribution in [2.45, 2.75) is 44.8 Å². The van der Waals surface area contributed by atoms with Crippen molar-refractivity contribution in [1.29, 1.82) is 0 Å². The highest BCUT2D eigenvalue weighted by Gasteiger charge is 2.28. The van der Waals surface area contributed by atoms with Crippen LogP contribution in [0.25, 0.3) is 0 Å². The van der Waals surface area contributed by atoms with Crippen molar-refractivity contribution in [3.63, 3.8) is 0 Å². The van der Waals surface area contributed by atoms with Gasteiger partial charge in [0.25, 0.3) is 0 Å². The summed E-state index contributed by atoms with van der Waals surface area (Å²) in [5, 5.41) is 0. The largest absolute Gasteiger partial charge is 0.325 e. The molecule has 0 amide bonds. The van der Waals surface area contributed by atoms with Crippen LogP contribution < -0.4 is 5.73 Å². The van der Waals surface area contributed by atoms with Crippen LogP contribution in [-0.2, 0) is 6.42 Å². The van der Waals surface area contributed by atoms with Gasteiger partial charge in [0.1, 0.15) is 5.67 Å². The number of hydrogen-bond acceptors (Lipinski definition) is 1. The number of nitrogens with two attached hydrogens (primary N) is 1. The normalized spacial score (nSPS) is 16.1. The third-order valence-electron chi connectivity index (χ3n) is 2.27. The molecule has 0 aliphatic rings. The molecule has 15 heavy (non-hydrogen) atoms. The van der Waals surface area contributed by atoms with Crippen LogP contribution in [0.4, 0.5) is 4.39 Å². The van der Waals surface area contributed by atoms with Crippen molar-refractivity contribution >= 4 is 0 Å². The lowest BCUT2D eigenvalue weighted by molar-refractivity contribution is 0.159. The third-order valence-corrected chi connectivity index (χ3v) is 2.27. The van der Waals surface area contributed by atoms with E-state index in [4.69, 9.17) is 5.73 Å². The predicted octanol–water partition coefficient (Wildman–Crippen LogP) is 3.08. The molecule has 0 aromatic heterocycles. The molecule has 0 saturated heterocycles. The third kappa shape index (κ3) is 4.93. The van der Waals surface area contributed by atoms with E-state index >= 15 is 0 Å². The molecule has 1 aromatic carbocycles. The van der Waals surface area contributed by atoms with Gasteiger partial charge in [-0.3, -0.25) is 0 Å². The van der Waals surface area contributed by atoms with Gasteiger partial charge in [-0.1, -0.05) is 30.3 Å². The standard InChI is InChI=1S/C13H20FN/c1-12(2,14)10-13(3,15)9-11-7-5-4-6-8-11/h4-8H,9-10,15H2,1-3H3. The van der Waals surface area contributed by atoms with Crippen LogP contribution in [0.3, 0.4) is 0 Å². The number of hydrogen-bond donors (Lipinski definition) is 1. The molecule has 0 aliphatic carbocycles. The van der Waals surface area contributed by atoms with E-state index in [0.717, 1.165) is 5.56 Å². The highest BCUT2D eigenvalue weighted by molar-refractivity contribution is 5.17. The molecule has 0 saturated carbocycles. The summed E-state index contributed by atoms with van der Waals surface area (Å²) >= 11 is 0. The van der Waals surface area contributed by atoms with Crippen molar-refractivity contribution in [2.75, 3.05) is 0 Å². The quantitative estimate of drug-likeness (QED) is 0.810. The second kappa shape index (κ2) is 4.31. The SMILES string of the molecule is CC(C)(F)CC(C)(N)Cc1ccccc1. The summed E-state index contributed by atoms with van der Waals surface area (Å²) < 4.78 is 13.5. The molecule has 2 N–H and O–H groups in total. The topological polar surface area (TPSA) is 26.0 Å². The molecular formula is C13H20FN. The van der Waals surface area contributed by atoms with E-state index in [0.29, 0.717) is 12.8 Å². The van der Waals surface area contributed by atoms with Gasteiger partial charge in [-0.25, -0.2) is 4.39 Å². The summed E-state index contributed by atoms with van der Waals surface area (Å²) in [6.07, 6.45) is 1.08. The Morgan fingerprint density at radius 3 is 2.13 bits per heavy atom. The first-order valence-corrected chi connectivity index (χ1v) is 5.30. The van der Waals surface area contributed by atoms with Gasteiger partial charge in [-0.05, 0) is 39.2 Å². The van der Waals surface area contributed by atoms with Gasteiger partial charge in [-0.15, -0.1) is 0 Å². The number of alkyl halides is 1. The fraction of sp³-hybridized carbons (Fsp3) is 0.538. The number of benzene rings is 1. The molecule has 0 aliphatic heterocycles. The average Bonchev–Trinajstić information content (AvgIpc) is 1.99. The van der Waals surface area contributed by atoms with Crippen molar-refractivity contribution in [3.05, 3.63) is 35.9 Å². The van der Waals surface area contributed by atoms with E-state index in [9.17, 15) is 4.39 Å². The maximum Gasteiger partial charge on any atom is 0.107 e. The molecule has 1 unspecified atom stereocenters. The first-order chi connectivity index (χ1) is 6.79. The number of halogens is 1. The van der Waals surface area contributed by atoms with Gasteiger partial charge in [0.05, 0.1) is 0 Å². The Hall–Kier alpha value is -0.890. The Kier molecular flexibility index (Phi) is 3.50. The molecule has 0 bridgehead atoms. The second-order valence-corrected chi connectivity index (χ2v) is 5.21. The summed E-state index contributed by atoms with van der Waals surface area (Å²) in [6.45, 7) is 5.05. The van der Waals surface area contributed by atoms with Gasteiger partial charge in [0.15, 0.2) is 0 Å². The van der Waals surface area contributed by atoms with Crippen LogP contribution in [-0.4, -0.2) is 11.2 Å². The Balaban J connectivity index is 2.65. The van der Waals surface area contributed by atoms with Crippen LogP contribution in [0.5, 0.6) is 0 Å². The monoisotopic (exact) mass is 209 g/mol. The maximum atomic E-state index is 13.5. The van der Waals surface area contributed by atoms with Crippen LogP contribution in [0.2, 0.25) is 0 Å². The molecular weight excluding hydrogens is 189 g/mol. The van der Waals surface area contributed by atoms with E-state index in [2.05, 4.69) is 0 Å². The van der Waals surface area contributed by atoms with Crippen molar-refractivity contribution in [3.8, 4) is 0 Å². The van der Waals surface area contributed by atoms with Crippen LogP contribution >= 0.6 is 0 Å². The second-order valence-electron chi connectivity index (χ2n) is 5.21. The Morgan fingerprint density at radius 1 is 1.13 bits per heavy atom. The zero-order chi connectivity index (χ0) is 11.5. The minimum atomic E-state index is -1.21. The van der Waals surface area contributed by atoms with Crippen LogP contribution in [0.1, 0.15) is 32.8 Å². The Morgan fingerprint density at radius 2 is 1.67 bits per heavy atom. The lowest BCUT2D eigenvalue weighted by Gasteiger charge is -2.30. The molecule has 0 fully saturated rings. The van der Waals surface area contributed by atoms with Gasteiger partial charge >= 0.3 is 0 Å². The molecule has 84 valence electrons. The zero-order valence-corrected chi connectivity index (χ0v) is 9.76. The molecule has 0 radical (unpaired) electrons. The van der Waals surface area contributed by atoms with Crippen LogP contribution in [0.15, 0.2) is 30.3 Å². The lowest BCUT2D eigenvalue weighted by Crippen LogP contribution is -2.43. The molecule has 1 aromatic rings. The fourth-order valence-electron chi connectivity index (χ4n) is 2.08. The first-order valence-electron chi connectivity index (χ1n) is 5.30. The molecule has 2 heteroatoms. The van der Waals surface area contributed by atoms with Crippen molar-refractivity contribution in [2.24, 2.45) is 5.73 Å². The molecule has 0 heterocycles.